The summed E-state index contributed by atoms with van der Waals surface area (Å²) in [7, 11) is 0. The lowest BCUT2D eigenvalue weighted by atomic mass is 9.97. The summed E-state index contributed by atoms with van der Waals surface area (Å²) in [6, 6.07) is 12.8. The van der Waals surface area contributed by atoms with Gasteiger partial charge in [-0.15, -0.1) is 11.3 Å². The summed E-state index contributed by atoms with van der Waals surface area (Å²) in [4.78, 5) is 8.34. The van der Waals surface area contributed by atoms with E-state index in [1.54, 1.807) is 18.3 Å². The molecule has 3 rings (SSSR count). The highest BCUT2D eigenvalue weighted by molar-refractivity contribution is 7.13. The van der Waals surface area contributed by atoms with Crippen molar-refractivity contribution in [3.63, 3.8) is 0 Å². The SMILES string of the molecule is [C-]#[N+]C1=C(/C=C/c2ccc(/C=C/c3ccc(N(CCCC)CCCC)cc3OCC(=C)C)s2)C(C)(C)O/C1=C(\C)C#N. The lowest BCUT2D eigenvalue weighted by molar-refractivity contribution is 0.0948. The van der Waals surface area contributed by atoms with Gasteiger partial charge < -0.3 is 14.4 Å². The molecule has 6 heteroatoms. The molecule has 0 fully saturated rings. The molecule has 220 valence electrons. The molecule has 0 saturated carbocycles. The van der Waals surface area contributed by atoms with E-state index in [-0.39, 0.29) is 0 Å². The summed E-state index contributed by atoms with van der Waals surface area (Å²) in [5.41, 5.74) is 4.12. The van der Waals surface area contributed by atoms with Gasteiger partial charge in [0.1, 0.15) is 23.7 Å². The van der Waals surface area contributed by atoms with Gasteiger partial charge in [0.25, 0.3) is 0 Å². The Labute approximate surface area is 256 Å². The molecule has 42 heavy (non-hydrogen) atoms. The Bertz CT molecular complexity index is 1470. The van der Waals surface area contributed by atoms with E-state index in [4.69, 9.17) is 16.0 Å². The predicted molar refractivity (Wildman–Crippen MR) is 178 cm³/mol. The molecule has 0 unspecified atom stereocenters. The van der Waals surface area contributed by atoms with Crippen LogP contribution in [0.4, 0.5) is 5.69 Å². The van der Waals surface area contributed by atoms with Crippen molar-refractivity contribution in [2.75, 3.05) is 24.6 Å². The number of anilines is 1. The van der Waals surface area contributed by atoms with E-state index < -0.39 is 5.60 Å². The van der Waals surface area contributed by atoms with Crippen molar-refractivity contribution in [1.29, 1.82) is 5.26 Å². The van der Waals surface area contributed by atoms with Crippen LogP contribution in [-0.4, -0.2) is 25.3 Å². The van der Waals surface area contributed by atoms with Gasteiger partial charge in [0, 0.05) is 45.7 Å². The summed E-state index contributed by atoms with van der Waals surface area (Å²) in [6.45, 7) is 26.2. The largest absolute Gasteiger partial charge is 0.494 e. The van der Waals surface area contributed by atoms with Crippen molar-refractivity contribution < 1.29 is 9.47 Å². The van der Waals surface area contributed by atoms with Gasteiger partial charge in [-0.3, -0.25) is 0 Å². The first-order valence-corrected chi connectivity index (χ1v) is 15.5. The van der Waals surface area contributed by atoms with Crippen LogP contribution in [0.15, 0.2) is 71.2 Å². The second kappa shape index (κ2) is 15.3. The molecule has 1 aliphatic rings. The van der Waals surface area contributed by atoms with E-state index in [0.29, 0.717) is 23.6 Å². The molecular weight excluding hydrogens is 538 g/mol. The van der Waals surface area contributed by atoms with Crippen molar-refractivity contribution in [3.05, 3.63) is 97.9 Å². The second-order valence-corrected chi connectivity index (χ2v) is 12.3. The van der Waals surface area contributed by atoms with Gasteiger partial charge in [-0.25, -0.2) is 4.85 Å². The van der Waals surface area contributed by atoms with Crippen LogP contribution in [0.5, 0.6) is 5.75 Å². The monoisotopic (exact) mass is 581 g/mol. The summed E-state index contributed by atoms with van der Waals surface area (Å²) in [6.07, 6.45) is 12.8. The highest BCUT2D eigenvalue weighted by atomic mass is 32.1. The van der Waals surface area contributed by atoms with Crippen LogP contribution >= 0.6 is 11.3 Å². The minimum Gasteiger partial charge on any atom is -0.494 e. The van der Waals surface area contributed by atoms with Gasteiger partial charge in [-0.05, 0) is 88.6 Å². The Balaban J connectivity index is 1.86. The molecule has 0 aliphatic carbocycles. The zero-order chi connectivity index (χ0) is 30.7. The van der Waals surface area contributed by atoms with Gasteiger partial charge >= 0.3 is 0 Å². The molecule has 0 spiro atoms. The molecule has 2 aromatic rings. The first-order valence-electron chi connectivity index (χ1n) is 14.7. The van der Waals surface area contributed by atoms with Crippen LogP contribution in [0.1, 0.15) is 82.5 Å². The molecule has 0 radical (unpaired) electrons. The van der Waals surface area contributed by atoms with E-state index in [9.17, 15) is 5.26 Å². The highest BCUT2D eigenvalue weighted by Crippen LogP contribution is 2.41. The summed E-state index contributed by atoms with van der Waals surface area (Å²) >= 11 is 1.66. The number of unbranched alkanes of at least 4 members (excludes halogenated alkanes) is 2. The fourth-order valence-corrected chi connectivity index (χ4v) is 5.41. The Hall–Kier alpha value is -4.00. The fourth-order valence-electron chi connectivity index (χ4n) is 4.60. The van der Waals surface area contributed by atoms with Crippen molar-refractivity contribution in [3.8, 4) is 11.8 Å². The molecule has 2 heterocycles. The van der Waals surface area contributed by atoms with Crippen LogP contribution in [0.25, 0.3) is 23.1 Å². The molecule has 0 atom stereocenters. The van der Waals surface area contributed by atoms with Gasteiger partial charge in [0.05, 0.1) is 18.2 Å². The van der Waals surface area contributed by atoms with E-state index in [2.05, 4.69) is 78.7 Å². The molecule has 0 N–H and O–H groups in total. The van der Waals surface area contributed by atoms with Crippen LogP contribution in [0, 0.1) is 17.9 Å². The number of rotatable bonds is 14. The standard InChI is InChI=1S/C36H43N3O2S/c1-9-11-21-39(22-12-10-2)29-15-13-28(33(23-29)40-25-26(3)4)14-16-30-17-18-31(42-30)19-20-32-34(38-8)35(27(5)24-37)41-36(32,6)7/h13-20,23H,3,9-12,21-22,25H2,1-2,4-7H3/b16-14+,20-19+,35-27+. The Morgan fingerprint density at radius 3 is 2.29 bits per heavy atom. The maximum absolute atomic E-state index is 9.33. The first-order chi connectivity index (χ1) is 20.1. The van der Waals surface area contributed by atoms with Crippen molar-refractivity contribution >= 4 is 35.3 Å². The Morgan fingerprint density at radius 2 is 1.71 bits per heavy atom. The van der Waals surface area contributed by atoms with Crippen LogP contribution < -0.4 is 9.64 Å². The minimum absolute atomic E-state index is 0.376. The lowest BCUT2D eigenvalue weighted by Crippen LogP contribution is -2.25. The molecule has 1 aromatic carbocycles. The van der Waals surface area contributed by atoms with Gasteiger partial charge in [0.15, 0.2) is 0 Å². The molecule has 0 saturated heterocycles. The average molecular weight is 582 g/mol. The number of ether oxygens (including phenoxy) is 2. The summed E-state index contributed by atoms with van der Waals surface area (Å²) in [5, 5.41) is 9.33. The molecule has 1 aliphatic heterocycles. The number of allylic oxidation sites excluding steroid dienone is 1. The maximum atomic E-state index is 9.33. The first kappa shape index (κ1) is 32.5. The number of nitriles is 1. The number of thiophene rings is 1. The van der Waals surface area contributed by atoms with Gasteiger partial charge in [0.2, 0.25) is 5.70 Å². The normalized spacial score (nSPS) is 15.5. The number of hydrogen-bond donors (Lipinski definition) is 0. The molecule has 0 bridgehead atoms. The minimum atomic E-state index is -0.682. The third kappa shape index (κ3) is 8.51. The van der Waals surface area contributed by atoms with Crippen molar-refractivity contribution in [2.45, 2.75) is 72.8 Å². The number of hydrogen-bond acceptors (Lipinski definition) is 5. The van der Waals surface area contributed by atoms with E-state index in [0.717, 1.165) is 45.3 Å². The Kier molecular flexibility index (Phi) is 11.8. The quantitative estimate of drug-likeness (QED) is 0.127. The van der Waals surface area contributed by atoms with Crippen molar-refractivity contribution in [1.82, 2.24) is 0 Å². The predicted octanol–water partition coefficient (Wildman–Crippen LogP) is 10.1. The number of benzene rings is 1. The fraction of sp³-hybridized carbons (Fsp3) is 0.389. The van der Waals surface area contributed by atoms with E-state index >= 15 is 0 Å². The highest BCUT2D eigenvalue weighted by Gasteiger charge is 2.37. The van der Waals surface area contributed by atoms with Gasteiger partial charge in [-0.2, -0.15) is 5.26 Å². The van der Waals surface area contributed by atoms with Gasteiger partial charge in [-0.1, -0.05) is 39.3 Å². The zero-order valence-corrected chi connectivity index (χ0v) is 26.7. The van der Waals surface area contributed by atoms with E-state index in [1.807, 2.05) is 32.9 Å². The average Bonchev–Trinajstić information content (AvgIpc) is 3.53. The molecule has 0 amide bonds. The zero-order valence-electron chi connectivity index (χ0n) is 25.9. The third-order valence-electron chi connectivity index (χ3n) is 6.98. The van der Waals surface area contributed by atoms with Crippen LogP contribution in [-0.2, 0) is 4.74 Å². The van der Waals surface area contributed by atoms with E-state index in [1.165, 1.54) is 31.4 Å². The van der Waals surface area contributed by atoms with Crippen LogP contribution in [0.3, 0.4) is 0 Å². The molecular formula is C36H43N3O2S. The van der Waals surface area contributed by atoms with Crippen molar-refractivity contribution in [2.24, 2.45) is 0 Å². The lowest BCUT2D eigenvalue weighted by Gasteiger charge is -2.25. The smallest absolute Gasteiger partial charge is 0.236 e. The topological polar surface area (TPSA) is 49.9 Å². The molecule has 5 nitrogen and oxygen atoms in total. The molecule has 1 aromatic heterocycles. The summed E-state index contributed by atoms with van der Waals surface area (Å²) < 4.78 is 12.2. The van der Waals surface area contributed by atoms with Crippen LogP contribution in [0.2, 0.25) is 0 Å². The second-order valence-electron chi connectivity index (χ2n) is 11.1. The third-order valence-corrected chi connectivity index (χ3v) is 8.00. The Morgan fingerprint density at radius 1 is 1.07 bits per heavy atom. The maximum Gasteiger partial charge on any atom is 0.236 e. The summed E-state index contributed by atoms with van der Waals surface area (Å²) in [5.74, 6) is 1.24. The number of nitrogens with zero attached hydrogens (tertiary/aromatic N) is 3.